The molecule has 0 saturated carbocycles. The second kappa shape index (κ2) is 21.6. The minimum Gasteiger partial charge on any atom is -0.491 e. The molecule has 1 rings (SSSR count). The zero-order chi connectivity index (χ0) is 27.9. The smallest absolute Gasteiger partial charge is 0.410 e. The average molecular weight is 544 g/mol. The lowest BCUT2D eigenvalue weighted by atomic mass is 10.2. The molecular formula is C27H45NO10. The average Bonchev–Trinajstić information content (AvgIpc) is 2.88. The predicted molar refractivity (Wildman–Crippen MR) is 141 cm³/mol. The highest BCUT2D eigenvalue weighted by Gasteiger charge is 2.19. The van der Waals surface area contributed by atoms with Crippen LogP contribution in [0.25, 0.3) is 0 Å². The Balaban J connectivity index is 1.75. The summed E-state index contributed by atoms with van der Waals surface area (Å²) in [5.74, 6) is 0.701. The Morgan fingerprint density at radius 3 is 1.47 bits per heavy atom. The minimum absolute atomic E-state index is 0.365. The summed E-state index contributed by atoms with van der Waals surface area (Å²) in [4.78, 5) is 23.9. The molecule has 1 aromatic rings. The number of hydrogen-bond donors (Lipinski definition) is 0. The Bertz CT molecular complexity index is 724. The van der Waals surface area contributed by atoms with Crippen molar-refractivity contribution in [2.75, 3.05) is 99.5 Å². The van der Waals surface area contributed by atoms with Crippen LogP contribution < -0.4 is 4.74 Å². The Morgan fingerprint density at radius 2 is 1.08 bits per heavy atom. The fourth-order valence-corrected chi connectivity index (χ4v) is 2.70. The van der Waals surface area contributed by atoms with Crippen molar-refractivity contribution in [3.63, 3.8) is 0 Å². The summed E-state index contributed by atoms with van der Waals surface area (Å²) in [5, 5.41) is 0. The van der Waals surface area contributed by atoms with Crippen LogP contribution in [-0.4, -0.2) is 122 Å². The van der Waals surface area contributed by atoms with Gasteiger partial charge in [-0.15, -0.1) is 0 Å². The van der Waals surface area contributed by atoms with Gasteiger partial charge in [-0.2, -0.15) is 0 Å². The zero-order valence-electron chi connectivity index (χ0n) is 23.3. The quantitative estimate of drug-likeness (QED) is 0.151. The van der Waals surface area contributed by atoms with Crippen LogP contribution in [0.2, 0.25) is 0 Å². The highest BCUT2D eigenvalue weighted by molar-refractivity contribution is 5.74. The van der Waals surface area contributed by atoms with Crippen molar-refractivity contribution in [1.29, 1.82) is 0 Å². The first-order valence-corrected chi connectivity index (χ1v) is 12.9. The largest absolute Gasteiger partial charge is 0.491 e. The van der Waals surface area contributed by atoms with Crippen LogP contribution in [0, 0.1) is 0 Å². The molecule has 0 fully saturated rings. The van der Waals surface area contributed by atoms with Crippen molar-refractivity contribution in [2.24, 2.45) is 0 Å². The van der Waals surface area contributed by atoms with E-state index in [1.54, 1.807) is 31.3 Å². The summed E-state index contributed by atoms with van der Waals surface area (Å²) >= 11 is 0. The minimum atomic E-state index is -0.508. The summed E-state index contributed by atoms with van der Waals surface area (Å²) in [6, 6.07) is 6.92. The Hall–Kier alpha value is -2.28. The van der Waals surface area contributed by atoms with Gasteiger partial charge in [-0.3, -0.25) is 4.79 Å². The molecule has 0 aromatic heterocycles. The summed E-state index contributed by atoms with van der Waals surface area (Å²) in [5.41, 5.74) is 0.108. The standard InChI is InChI=1S/C27H45NO10/c1-27(2,3)38-26(30)28(4)9-10-31-11-12-32-13-14-33-15-16-34-17-18-35-19-20-36-21-22-37-25-7-5-24(23-29)6-8-25/h5-8,23H,9-22H2,1-4H3. The maximum Gasteiger partial charge on any atom is 0.410 e. The molecule has 11 heteroatoms. The lowest BCUT2D eigenvalue weighted by molar-refractivity contribution is -0.0188. The number of amides is 1. The van der Waals surface area contributed by atoms with E-state index < -0.39 is 5.60 Å². The van der Waals surface area contributed by atoms with E-state index in [1.807, 2.05) is 20.8 Å². The molecule has 0 radical (unpaired) electrons. The second-order valence-electron chi connectivity index (χ2n) is 9.11. The first-order chi connectivity index (χ1) is 18.3. The van der Waals surface area contributed by atoms with Gasteiger partial charge >= 0.3 is 6.09 Å². The molecule has 38 heavy (non-hydrogen) atoms. The highest BCUT2D eigenvalue weighted by Crippen LogP contribution is 2.11. The number of benzene rings is 1. The van der Waals surface area contributed by atoms with E-state index in [2.05, 4.69) is 0 Å². The number of aldehydes is 1. The van der Waals surface area contributed by atoms with Gasteiger partial charge in [0.05, 0.1) is 79.3 Å². The van der Waals surface area contributed by atoms with Crippen molar-refractivity contribution in [3.8, 4) is 5.75 Å². The first-order valence-electron chi connectivity index (χ1n) is 12.9. The monoisotopic (exact) mass is 543 g/mol. The van der Waals surface area contributed by atoms with E-state index >= 15 is 0 Å². The molecule has 218 valence electrons. The van der Waals surface area contributed by atoms with Gasteiger partial charge in [0.15, 0.2) is 0 Å². The maximum absolute atomic E-state index is 11.8. The molecule has 1 amide bonds. The Labute approximate surface area is 226 Å². The number of likely N-dealkylation sites (N-methyl/N-ethyl adjacent to an activating group) is 1. The molecule has 0 saturated heterocycles. The van der Waals surface area contributed by atoms with Crippen molar-refractivity contribution in [3.05, 3.63) is 29.8 Å². The van der Waals surface area contributed by atoms with E-state index in [0.29, 0.717) is 104 Å². The molecule has 0 aliphatic heterocycles. The molecule has 0 aliphatic carbocycles. The van der Waals surface area contributed by atoms with Gasteiger partial charge in [0.2, 0.25) is 0 Å². The fraction of sp³-hybridized carbons (Fsp3) is 0.704. The lowest BCUT2D eigenvalue weighted by Gasteiger charge is -2.24. The molecule has 0 bridgehead atoms. The number of carbonyl (C=O) groups is 2. The van der Waals surface area contributed by atoms with E-state index in [0.717, 1.165) is 6.29 Å². The predicted octanol–water partition coefficient (Wildman–Crippen LogP) is 2.84. The number of hydrogen-bond acceptors (Lipinski definition) is 10. The number of nitrogens with zero attached hydrogens (tertiary/aromatic N) is 1. The topological polar surface area (TPSA) is 111 Å². The number of carbonyl (C=O) groups excluding carboxylic acids is 2. The van der Waals surface area contributed by atoms with Crippen LogP contribution in [0.15, 0.2) is 24.3 Å². The van der Waals surface area contributed by atoms with Crippen molar-refractivity contribution in [1.82, 2.24) is 4.90 Å². The molecule has 0 aliphatic rings. The fourth-order valence-electron chi connectivity index (χ4n) is 2.70. The normalized spacial score (nSPS) is 11.4. The summed E-state index contributed by atoms with van der Waals surface area (Å²) < 4.78 is 43.5. The van der Waals surface area contributed by atoms with Gasteiger partial charge in [-0.05, 0) is 45.0 Å². The molecule has 0 spiro atoms. The lowest BCUT2D eigenvalue weighted by Crippen LogP contribution is -2.36. The van der Waals surface area contributed by atoms with Crippen molar-refractivity contribution < 1.29 is 47.5 Å². The van der Waals surface area contributed by atoms with Gasteiger partial charge in [-0.25, -0.2) is 4.79 Å². The maximum atomic E-state index is 11.8. The number of rotatable bonds is 23. The van der Waals surface area contributed by atoms with Gasteiger partial charge in [0.25, 0.3) is 0 Å². The van der Waals surface area contributed by atoms with E-state index in [-0.39, 0.29) is 6.09 Å². The Morgan fingerprint density at radius 1 is 0.684 bits per heavy atom. The Kier molecular flexibility index (Phi) is 19.2. The molecule has 0 N–H and O–H groups in total. The van der Waals surface area contributed by atoms with Crippen LogP contribution >= 0.6 is 0 Å². The third-order valence-electron chi connectivity index (χ3n) is 4.65. The molecule has 0 atom stereocenters. The van der Waals surface area contributed by atoms with Gasteiger partial charge in [-0.1, -0.05) is 0 Å². The van der Waals surface area contributed by atoms with Crippen LogP contribution in [-0.2, 0) is 33.2 Å². The van der Waals surface area contributed by atoms with Crippen LogP contribution in [0.1, 0.15) is 31.1 Å². The van der Waals surface area contributed by atoms with E-state index in [1.165, 1.54) is 4.90 Å². The van der Waals surface area contributed by atoms with Crippen LogP contribution in [0.4, 0.5) is 4.79 Å². The number of ether oxygens (including phenoxy) is 8. The zero-order valence-corrected chi connectivity index (χ0v) is 23.3. The van der Waals surface area contributed by atoms with E-state index in [4.69, 9.17) is 37.9 Å². The van der Waals surface area contributed by atoms with Crippen molar-refractivity contribution >= 4 is 12.4 Å². The second-order valence-corrected chi connectivity index (χ2v) is 9.11. The van der Waals surface area contributed by atoms with Gasteiger partial charge in [0.1, 0.15) is 24.2 Å². The van der Waals surface area contributed by atoms with Crippen LogP contribution in [0.3, 0.4) is 0 Å². The molecule has 0 heterocycles. The third-order valence-corrected chi connectivity index (χ3v) is 4.65. The molecular weight excluding hydrogens is 498 g/mol. The summed E-state index contributed by atoms with van der Waals surface area (Å²) in [7, 11) is 1.68. The van der Waals surface area contributed by atoms with E-state index in [9.17, 15) is 9.59 Å². The van der Waals surface area contributed by atoms with Crippen molar-refractivity contribution in [2.45, 2.75) is 26.4 Å². The molecule has 1 aromatic carbocycles. The first kappa shape index (κ1) is 33.7. The highest BCUT2D eigenvalue weighted by atomic mass is 16.6. The van der Waals surface area contributed by atoms with Gasteiger partial charge in [0, 0.05) is 19.2 Å². The molecule has 11 nitrogen and oxygen atoms in total. The SMILES string of the molecule is CN(CCOCCOCCOCCOCCOCCOCCOc1ccc(C=O)cc1)C(=O)OC(C)(C)C. The van der Waals surface area contributed by atoms with Gasteiger partial charge < -0.3 is 42.8 Å². The third kappa shape index (κ3) is 19.8. The molecule has 0 unspecified atom stereocenters. The van der Waals surface area contributed by atoms with Crippen LogP contribution in [0.5, 0.6) is 5.75 Å². The summed E-state index contributed by atoms with van der Waals surface area (Å²) in [6.07, 6.45) is 0.429. The summed E-state index contributed by atoms with van der Waals surface area (Å²) in [6.45, 7) is 12.0.